The predicted octanol–water partition coefficient (Wildman–Crippen LogP) is 0.00760. The van der Waals surface area contributed by atoms with Crippen LogP contribution in [-0.2, 0) is 9.59 Å². The van der Waals surface area contributed by atoms with E-state index in [1.165, 1.54) is 13.8 Å². The summed E-state index contributed by atoms with van der Waals surface area (Å²) in [6.45, 7) is 2.82. The third-order valence-corrected chi connectivity index (χ3v) is 2.82. The highest BCUT2D eigenvalue weighted by atomic mass is 16.4. The smallest absolute Gasteiger partial charge is 0.363 e. The molecule has 0 aromatic heterocycles. The van der Waals surface area contributed by atoms with Crippen molar-refractivity contribution in [2.75, 3.05) is 21.1 Å². The summed E-state index contributed by atoms with van der Waals surface area (Å²) in [6, 6.07) is -1.13. The molecule has 0 aliphatic heterocycles. The Bertz CT molecular complexity index is 307. The van der Waals surface area contributed by atoms with E-state index in [2.05, 4.69) is 0 Å². The molecule has 0 spiro atoms. The quantitative estimate of drug-likeness (QED) is 0.575. The first kappa shape index (κ1) is 15.9. The van der Waals surface area contributed by atoms with Gasteiger partial charge < -0.3 is 19.8 Å². The highest BCUT2D eigenvalue weighted by Crippen LogP contribution is 2.33. The lowest BCUT2D eigenvalue weighted by Crippen LogP contribution is -2.61. The van der Waals surface area contributed by atoms with Gasteiger partial charge in [-0.3, -0.25) is 4.79 Å². The third kappa shape index (κ3) is 3.67. The van der Waals surface area contributed by atoms with Crippen LogP contribution in [0.3, 0.4) is 0 Å². The first-order valence-electron chi connectivity index (χ1n) is 5.38. The first-order chi connectivity index (χ1) is 7.43. The summed E-state index contributed by atoms with van der Waals surface area (Å²) >= 11 is 0. The molecule has 0 saturated heterocycles. The molecule has 0 amide bonds. The van der Waals surface area contributed by atoms with Crippen molar-refractivity contribution in [1.82, 2.24) is 0 Å². The van der Waals surface area contributed by atoms with Gasteiger partial charge in [0, 0.05) is 0 Å². The van der Waals surface area contributed by atoms with E-state index in [9.17, 15) is 24.9 Å². The minimum atomic E-state index is -1.52. The van der Waals surface area contributed by atoms with E-state index in [0.717, 1.165) is 0 Å². The zero-order valence-corrected chi connectivity index (χ0v) is 11.0. The number of carboxylic acid groups (broad SMARTS) is 2. The average molecular weight is 248 g/mol. The van der Waals surface area contributed by atoms with E-state index in [0.29, 0.717) is 0 Å². The van der Waals surface area contributed by atoms with Crippen LogP contribution in [-0.4, -0.2) is 65.0 Å². The van der Waals surface area contributed by atoms with Gasteiger partial charge in [-0.2, -0.15) is 0 Å². The number of quaternary nitrogens is 1. The van der Waals surface area contributed by atoms with E-state index in [1.807, 2.05) is 0 Å². The van der Waals surface area contributed by atoms with E-state index in [4.69, 9.17) is 0 Å². The summed E-state index contributed by atoms with van der Waals surface area (Å²) in [5, 5.41) is 27.9. The molecular weight excluding hydrogens is 226 g/mol. The second-order valence-electron chi connectivity index (χ2n) is 5.63. The van der Waals surface area contributed by atoms with E-state index >= 15 is 0 Å². The summed E-state index contributed by atoms with van der Waals surface area (Å²) in [5.74, 6) is -2.39. The Balaban J connectivity index is 5.55. The Morgan fingerprint density at radius 3 is 1.82 bits per heavy atom. The van der Waals surface area contributed by atoms with Crippen molar-refractivity contribution < 1.29 is 29.4 Å². The number of aliphatic carboxylic acids is 2. The number of hydrogen-bond donors (Lipinski definition) is 3. The standard InChI is InChI=1S/C11H21NO5/c1-7(13)6-11(2,10(16)17)8(9(14)15)12(3,4)5/h7-8,13H,6H2,1-5H3,(H-,14,15,16,17)/p+1. The lowest BCUT2D eigenvalue weighted by atomic mass is 9.76. The van der Waals surface area contributed by atoms with E-state index in [1.54, 1.807) is 21.1 Å². The molecule has 0 aliphatic carbocycles. The summed E-state index contributed by atoms with van der Waals surface area (Å²) in [5.41, 5.74) is -1.52. The minimum absolute atomic E-state index is 0.0230. The van der Waals surface area contributed by atoms with Crippen LogP contribution in [0.1, 0.15) is 20.3 Å². The normalized spacial score (nSPS) is 19.2. The fraction of sp³-hybridized carbons (Fsp3) is 0.818. The molecule has 0 aromatic carbocycles. The Kier molecular flexibility index (Phi) is 4.68. The number of carboxylic acids is 2. The van der Waals surface area contributed by atoms with Gasteiger partial charge in [0.1, 0.15) is 5.41 Å². The van der Waals surface area contributed by atoms with Gasteiger partial charge >= 0.3 is 11.9 Å². The molecule has 0 aliphatic rings. The second kappa shape index (κ2) is 5.01. The highest BCUT2D eigenvalue weighted by molar-refractivity contribution is 5.84. The largest absolute Gasteiger partial charge is 0.481 e. The van der Waals surface area contributed by atoms with Gasteiger partial charge in [0.2, 0.25) is 6.04 Å². The van der Waals surface area contributed by atoms with Gasteiger partial charge in [-0.1, -0.05) is 0 Å². The van der Waals surface area contributed by atoms with Crippen molar-refractivity contribution >= 4 is 11.9 Å². The number of nitrogens with zero attached hydrogens (tertiary/aromatic N) is 1. The molecule has 0 aromatic rings. The number of rotatable bonds is 6. The molecule has 6 heteroatoms. The van der Waals surface area contributed by atoms with Crippen LogP contribution in [0.2, 0.25) is 0 Å². The topological polar surface area (TPSA) is 94.8 Å². The lowest BCUT2D eigenvalue weighted by Gasteiger charge is -2.40. The maximum atomic E-state index is 11.4. The maximum Gasteiger partial charge on any atom is 0.363 e. The van der Waals surface area contributed by atoms with Crippen LogP contribution in [0, 0.1) is 5.41 Å². The number of hydrogen-bond acceptors (Lipinski definition) is 3. The van der Waals surface area contributed by atoms with Crippen LogP contribution in [0.15, 0.2) is 0 Å². The van der Waals surface area contributed by atoms with Crippen molar-refractivity contribution in [3.8, 4) is 0 Å². The zero-order valence-electron chi connectivity index (χ0n) is 11.0. The summed E-state index contributed by atoms with van der Waals surface area (Å²) in [6.07, 6.45) is -0.973. The molecule has 3 N–H and O–H groups in total. The fourth-order valence-corrected chi connectivity index (χ4v) is 2.39. The maximum absolute atomic E-state index is 11.4. The van der Waals surface area contributed by atoms with Crippen molar-refractivity contribution in [2.45, 2.75) is 32.4 Å². The summed E-state index contributed by atoms with van der Waals surface area (Å²) in [7, 11) is 4.88. The van der Waals surface area contributed by atoms with E-state index in [-0.39, 0.29) is 10.9 Å². The average Bonchev–Trinajstić information content (AvgIpc) is 1.96. The number of aliphatic hydroxyl groups is 1. The molecule has 100 valence electrons. The minimum Gasteiger partial charge on any atom is -0.481 e. The molecule has 0 rings (SSSR count). The second-order valence-corrected chi connectivity index (χ2v) is 5.63. The van der Waals surface area contributed by atoms with Crippen LogP contribution in [0.4, 0.5) is 0 Å². The van der Waals surface area contributed by atoms with Crippen LogP contribution in [0.5, 0.6) is 0 Å². The predicted molar refractivity (Wildman–Crippen MR) is 61.5 cm³/mol. The zero-order chi connectivity index (χ0) is 14.0. The van der Waals surface area contributed by atoms with Crippen LogP contribution in [0.25, 0.3) is 0 Å². The van der Waals surface area contributed by atoms with E-state index < -0.39 is 29.5 Å². The molecule has 0 bridgehead atoms. The fourth-order valence-electron chi connectivity index (χ4n) is 2.39. The lowest BCUT2D eigenvalue weighted by molar-refractivity contribution is -0.893. The van der Waals surface area contributed by atoms with Gasteiger partial charge in [-0.25, -0.2) is 4.79 Å². The Hall–Kier alpha value is -1.14. The molecule has 0 saturated carbocycles. The van der Waals surface area contributed by atoms with Crippen molar-refractivity contribution in [1.29, 1.82) is 0 Å². The van der Waals surface area contributed by atoms with Gasteiger partial charge in [-0.15, -0.1) is 0 Å². The van der Waals surface area contributed by atoms with Gasteiger partial charge in [0.05, 0.1) is 27.2 Å². The molecule has 17 heavy (non-hydrogen) atoms. The van der Waals surface area contributed by atoms with Crippen LogP contribution >= 0.6 is 0 Å². The molecular formula is C11H22NO5+. The highest BCUT2D eigenvalue weighted by Gasteiger charge is 2.53. The Morgan fingerprint density at radius 2 is 1.65 bits per heavy atom. The number of aliphatic hydroxyl groups excluding tert-OH is 1. The molecule has 0 radical (unpaired) electrons. The molecule has 6 nitrogen and oxygen atoms in total. The molecule has 3 unspecified atom stereocenters. The number of carbonyl (C=O) groups is 2. The van der Waals surface area contributed by atoms with Gasteiger partial charge in [-0.05, 0) is 20.3 Å². The van der Waals surface area contributed by atoms with Crippen LogP contribution < -0.4 is 0 Å². The van der Waals surface area contributed by atoms with Gasteiger partial charge in [0.15, 0.2) is 0 Å². The summed E-state index contributed by atoms with van der Waals surface area (Å²) in [4.78, 5) is 22.7. The third-order valence-electron chi connectivity index (χ3n) is 2.82. The monoisotopic (exact) mass is 248 g/mol. The summed E-state index contributed by atoms with van der Waals surface area (Å²) < 4.78 is -0.0230. The molecule has 0 heterocycles. The SMILES string of the molecule is CC(O)CC(C)(C(=O)O)C(C(=O)O)[N+](C)(C)C. The molecule has 0 fully saturated rings. The Labute approximate surface area is 101 Å². The van der Waals surface area contributed by atoms with Crippen molar-refractivity contribution in [2.24, 2.45) is 5.41 Å². The first-order valence-corrected chi connectivity index (χ1v) is 5.38. The molecule has 3 atom stereocenters. The van der Waals surface area contributed by atoms with Crippen molar-refractivity contribution in [3.63, 3.8) is 0 Å². The van der Waals surface area contributed by atoms with Gasteiger partial charge in [0.25, 0.3) is 0 Å². The Morgan fingerprint density at radius 1 is 1.24 bits per heavy atom. The van der Waals surface area contributed by atoms with Crippen molar-refractivity contribution in [3.05, 3.63) is 0 Å². The number of likely N-dealkylation sites (N-methyl/N-ethyl adjacent to an activating group) is 1.